The van der Waals surface area contributed by atoms with Gasteiger partial charge in [-0.05, 0) is 39.8 Å². The van der Waals surface area contributed by atoms with Gasteiger partial charge >= 0.3 is 0 Å². The van der Waals surface area contributed by atoms with Gasteiger partial charge in [0, 0.05) is 16.5 Å². The molecule has 3 aromatic rings. The minimum Gasteiger partial charge on any atom is -0.353 e. The number of nitrogens with one attached hydrogen (secondary N) is 2. The second-order valence-electron chi connectivity index (χ2n) is 7.62. The maximum absolute atomic E-state index is 12.9. The van der Waals surface area contributed by atoms with Gasteiger partial charge in [0.25, 0.3) is 5.56 Å². The van der Waals surface area contributed by atoms with E-state index in [-0.39, 0.29) is 24.1 Å². The molecule has 0 aliphatic rings. The van der Waals surface area contributed by atoms with E-state index in [2.05, 4.69) is 22.4 Å². The van der Waals surface area contributed by atoms with Crippen molar-refractivity contribution in [2.24, 2.45) is 0 Å². The van der Waals surface area contributed by atoms with Crippen molar-refractivity contribution in [2.45, 2.75) is 47.2 Å². The topological polar surface area (TPSA) is 78.1 Å². The minimum absolute atomic E-state index is 0.0288. The number of amides is 1. The highest BCUT2D eigenvalue weighted by Gasteiger charge is 2.18. The fourth-order valence-corrected chi connectivity index (χ4v) is 4.43. The molecule has 0 radical (unpaired) electrons. The lowest BCUT2D eigenvalue weighted by Crippen LogP contribution is -2.40. The van der Waals surface area contributed by atoms with E-state index in [9.17, 15) is 9.59 Å². The van der Waals surface area contributed by atoms with Gasteiger partial charge in [0.05, 0.1) is 18.5 Å². The standard InChI is InChI=1S/C22H28N4O2S/c1-6-26(12-18(27)23-13(2)3)11-17-24-21(28)20-19(15(5)29-22(20)25-17)16-9-7-14(4)8-10-16/h7-10,13H,6,11-12H2,1-5H3,(H,23,27)(H,24,25,28). The van der Waals surface area contributed by atoms with E-state index >= 15 is 0 Å². The highest BCUT2D eigenvalue weighted by molar-refractivity contribution is 7.19. The van der Waals surface area contributed by atoms with Crippen molar-refractivity contribution in [3.05, 3.63) is 50.9 Å². The third-order valence-corrected chi connectivity index (χ3v) is 5.76. The molecule has 2 heterocycles. The molecule has 0 spiro atoms. The summed E-state index contributed by atoms with van der Waals surface area (Å²) in [6.45, 7) is 11.3. The van der Waals surface area contributed by atoms with E-state index in [1.807, 2.05) is 51.7 Å². The lowest BCUT2D eigenvalue weighted by molar-refractivity contribution is -0.122. The van der Waals surface area contributed by atoms with Crippen LogP contribution in [0, 0.1) is 13.8 Å². The summed E-state index contributed by atoms with van der Waals surface area (Å²) < 4.78 is 0. The van der Waals surface area contributed by atoms with Gasteiger partial charge in [-0.3, -0.25) is 14.5 Å². The molecule has 6 nitrogen and oxygen atoms in total. The molecule has 3 rings (SSSR count). The SMILES string of the molecule is CCN(CC(=O)NC(C)C)Cc1nc2sc(C)c(-c3ccc(C)cc3)c2c(=O)[nH]1. The number of likely N-dealkylation sites (N-methyl/N-ethyl adjacent to an activating group) is 1. The molecule has 7 heteroatoms. The average molecular weight is 413 g/mol. The van der Waals surface area contributed by atoms with Gasteiger partial charge in [-0.1, -0.05) is 36.8 Å². The summed E-state index contributed by atoms with van der Waals surface area (Å²) in [5, 5.41) is 3.54. The maximum Gasteiger partial charge on any atom is 0.260 e. The van der Waals surface area contributed by atoms with Crippen LogP contribution in [-0.2, 0) is 11.3 Å². The molecule has 0 saturated heterocycles. The summed E-state index contributed by atoms with van der Waals surface area (Å²) in [7, 11) is 0. The predicted molar refractivity (Wildman–Crippen MR) is 119 cm³/mol. The zero-order valence-corrected chi connectivity index (χ0v) is 18.4. The maximum atomic E-state index is 12.9. The molecule has 29 heavy (non-hydrogen) atoms. The Balaban J connectivity index is 1.91. The van der Waals surface area contributed by atoms with Crippen molar-refractivity contribution < 1.29 is 4.79 Å². The third kappa shape index (κ3) is 4.92. The van der Waals surface area contributed by atoms with Crippen LogP contribution in [0.5, 0.6) is 0 Å². The van der Waals surface area contributed by atoms with Crippen LogP contribution in [0.3, 0.4) is 0 Å². The highest BCUT2D eigenvalue weighted by atomic mass is 32.1. The number of H-pyrrole nitrogens is 1. The number of nitrogens with zero attached hydrogens (tertiary/aromatic N) is 2. The van der Waals surface area contributed by atoms with Gasteiger partial charge in [-0.2, -0.15) is 0 Å². The normalized spacial score (nSPS) is 11.6. The number of aromatic nitrogens is 2. The zero-order valence-electron chi connectivity index (χ0n) is 17.6. The van der Waals surface area contributed by atoms with Crippen molar-refractivity contribution in [1.82, 2.24) is 20.2 Å². The van der Waals surface area contributed by atoms with Crippen LogP contribution in [0.15, 0.2) is 29.1 Å². The largest absolute Gasteiger partial charge is 0.353 e. The number of aromatic amines is 1. The summed E-state index contributed by atoms with van der Waals surface area (Å²) in [6.07, 6.45) is 0. The van der Waals surface area contributed by atoms with E-state index in [0.29, 0.717) is 24.3 Å². The summed E-state index contributed by atoms with van der Waals surface area (Å²) in [5.74, 6) is 0.553. The molecular weight excluding hydrogens is 384 g/mol. The van der Waals surface area contributed by atoms with E-state index in [0.717, 1.165) is 20.8 Å². The van der Waals surface area contributed by atoms with Crippen LogP contribution in [0.4, 0.5) is 0 Å². The lowest BCUT2D eigenvalue weighted by Gasteiger charge is -2.20. The van der Waals surface area contributed by atoms with E-state index in [1.165, 1.54) is 16.9 Å². The Bertz CT molecular complexity index is 1070. The van der Waals surface area contributed by atoms with Gasteiger partial charge in [-0.25, -0.2) is 4.98 Å². The molecule has 0 atom stereocenters. The first kappa shape index (κ1) is 21.2. The molecule has 0 unspecified atom stereocenters. The van der Waals surface area contributed by atoms with E-state index < -0.39 is 0 Å². The van der Waals surface area contributed by atoms with Crippen LogP contribution in [0.25, 0.3) is 21.3 Å². The smallest absolute Gasteiger partial charge is 0.260 e. The Morgan fingerprint density at radius 1 is 1.24 bits per heavy atom. The number of thiophene rings is 1. The summed E-state index contributed by atoms with van der Waals surface area (Å²) in [4.78, 5) is 36.4. The number of fused-ring (bicyclic) bond motifs is 1. The van der Waals surface area contributed by atoms with Crippen molar-refractivity contribution >= 4 is 27.5 Å². The zero-order chi connectivity index (χ0) is 21.1. The van der Waals surface area contributed by atoms with Crippen LogP contribution in [0.2, 0.25) is 0 Å². The van der Waals surface area contributed by atoms with Gasteiger partial charge in [0.15, 0.2) is 0 Å². The Morgan fingerprint density at radius 3 is 2.55 bits per heavy atom. The predicted octanol–water partition coefficient (Wildman–Crippen LogP) is 3.61. The van der Waals surface area contributed by atoms with Crippen LogP contribution in [-0.4, -0.2) is 39.9 Å². The number of carbonyl (C=O) groups excluding carboxylic acids is 1. The van der Waals surface area contributed by atoms with Crippen LogP contribution in [0.1, 0.15) is 37.0 Å². The van der Waals surface area contributed by atoms with Crippen molar-refractivity contribution in [2.75, 3.05) is 13.1 Å². The van der Waals surface area contributed by atoms with Gasteiger partial charge in [0.1, 0.15) is 10.7 Å². The second-order valence-corrected chi connectivity index (χ2v) is 8.82. The van der Waals surface area contributed by atoms with E-state index in [1.54, 1.807) is 0 Å². The lowest BCUT2D eigenvalue weighted by atomic mass is 10.0. The number of hydrogen-bond donors (Lipinski definition) is 2. The molecule has 154 valence electrons. The molecule has 2 N–H and O–H groups in total. The van der Waals surface area contributed by atoms with Crippen LogP contribution < -0.4 is 10.9 Å². The fourth-order valence-electron chi connectivity index (χ4n) is 3.37. The number of carbonyl (C=O) groups is 1. The number of benzene rings is 1. The molecular formula is C22H28N4O2S. The quantitative estimate of drug-likeness (QED) is 0.621. The molecule has 0 aliphatic carbocycles. The van der Waals surface area contributed by atoms with Crippen molar-refractivity contribution in [1.29, 1.82) is 0 Å². The van der Waals surface area contributed by atoms with Crippen molar-refractivity contribution in [3.8, 4) is 11.1 Å². The molecule has 1 amide bonds. The Kier molecular flexibility index (Phi) is 6.49. The number of rotatable bonds is 7. The van der Waals surface area contributed by atoms with Gasteiger partial charge < -0.3 is 10.3 Å². The molecule has 0 bridgehead atoms. The molecule has 2 aromatic heterocycles. The highest BCUT2D eigenvalue weighted by Crippen LogP contribution is 2.35. The third-order valence-electron chi connectivity index (χ3n) is 4.76. The summed E-state index contributed by atoms with van der Waals surface area (Å²) in [5.41, 5.74) is 3.03. The van der Waals surface area contributed by atoms with Crippen molar-refractivity contribution in [3.63, 3.8) is 0 Å². The molecule has 0 saturated carbocycles. The van der Waals surface area contributed by atoms with Gasteiger partial charge in [-0.15, -0.1) is 11.3 Å². The second kappa shape index (κ2) is 8.88. The Labute approximate surface area is 175 Å². The Morgan fingerprint density at radius 2 is 1.93 bits per heavy atom. The van der Waals surface area contributed by atoms with Crippen LogP contribution >= 0.6 is 11.3 Å². The first-order chi connectivity index (χ1) is 13.8. The molecule has 0 aliphatic heterocycles. The number of aryl methyl sites for hydroxylation is 2. The monoisotopic (exact) mass is 412 g/mol. The van der Waals surface area contributed by atoms with E-state index in [4.69, 9.17) is 4.98 Å². The Hall–Kier alpha value is -2.51. The fraction of sp³-hybridized carbons (Fsp3) is 0.409. The molecule has 0 fully saturated rings. The minimum atomic E-state index is -0.132. The summed E-state index contributed by atoms with van der Waals surface area (Å²) in [6, 6.07) is 8.29. The summed E-state index contributed by atoms with van der Waals surface area (Å²) >= 11 is 1.53. The molecule has 1 aromatic carbocycles. The first-order valence-corrected chi connectivity index (χ1v) is 10.7. The average Bonchev–Trinajstić information content (AvgIpc) is 2.97. The van der Waals surface area contributed by atoms with Gasteiger partial charge in [0.2, 0.25) is 5.91 Å². The first-order valence-electron chi connectivity index (χ1n) is 9.89. The number of hydrogen-bond acceptors (Lipinski definition) is 5.